The van der Waals surface area contributed by atoms with Crippen LogP contribution in [-0.2, 0) is 23.1 Å². The van der Waals surface area contributed by atoms with Gasteiger partial charge in [0, 0.05) is 18.9 Å². The van der Waals surface area contributed by atoms with Gasteiger partial charge in [0.25, 0.3) is 0 Å². The van der Waals surface area contributed by atoms with E-state index >= 15 is 0 Å². The van der Waals surface area contributed by atoms with Crippen molar-refractivity contribution in [1.82, 2.24) is 9.29 Å². The Morgan fingerprint density at radius 3 is 2.64 bits per heavy atom. The molecule has 0 fully saturated rings. The fraction of sp³-hybridized carbons (Fsp3) is 0.118. The van der Waals surface area contributed by atoms with Gasteiger partial charge in [-0.3, -0.25) is 4.98 Å². The summed E-state index contributed by atoms with van der Waals surface area (Å²) in [4.78, 5) is 3.91. The molecule has 0 amide bonds. The largest absolute Gasteiger partial charge is 0.468 e. The highest BCUT2D eigenvalue weighted by molar-refractivity contribution is 7.89. The van der Waals surface area contributed by atoms with Crippen LogP contribution in [0.25, 0.3) is 0 Å². The standard InChI is InChI=1S/C17H14ClFN2O3S/c18-16-9-15(5-6-17(16)19)25(22,23)21(12-14-4-2-8-24-14)11-13-3-1-7-20-10-13/h1-10H,11-12H2. The van der Waals surface area contributed by atoms with Gasteiger partial charge in [0.2, 0.25) is 10.0 Å². The summed E-state index contributed by atoms with van der Waals surface area (Å²) < 4.78 is 45.9. The van der Waals surface area contributed by atoms with E-state index in [2.05, 4.69) is 4.98 Å². The van der Waals surface area contributed by atoms with Crippen LogP contribution in [0.1, 0.15) is 11.3 Å². The molecule has 1 aromatic carbocycles. The maximum Gasteiger partial charge on any atom is 0.243 e. The van der Waals surface area contributed by atoms with Gasteiger partial charge in [-0.1, -0.05) is 17.7 Å². The van der Waals surface area contributed by atoms with Crippen molar-refractivity contribution < 1.29 is 17.2 Å². The van der Waals surface area contributed by atoms with E-state index in [1.54, 1.807) is 36.7 Å². The third-order valence-electron chi connectivity index (χ3n) is 3.52. The van der Waals surface area contributed by atoms with E-state index in [4.69, 9.17) is 16.0 Å². The number of pyridine rings is 1. The van der Waals surface area contributed by atoms with Gasteiger partial charge < -0.3 is 4.42 Å². The molecule has 0 aliphatic heterocycles. The molecule has 0 spiro atoms. The lowest BCUT2D eigenvalue weighted by atomic mass is 10.3. The van der Waals surface area contributed by atoms with Crippen molar-refractivity contribution in [3.8, 4) is 0 Å². The second kappa shape index (κ2) is 7.35. The van der Waals surface area contributed by atoms with Crippen molar-refractivity contribution in [1.29, 1.82) is 0 Å². The van der Waals surface area contributed by atoms with Crippen molar-refractivity contribution in [2.24, 2.45) is 0 Å². The van der Waals surface area contributed by atoms with Gasteiger partial charge >= 0.3 is 0 Å². The van der Waals surface area contributed by atoms with E-state index in [-0.39, 0.29) is 23.0 Å². The van der Waals surface area contributed by atoms with Crippen LogP contribution in [0.5, 0.6) is 0 Å². The molecule has 0 unspecified atom stereocenters. The SMILES string of the molecule is O=S(=O)(c1ccc(F)c(Cl)c1)N(Cc1cccnc1)Cc1ccco1. The molecule has 0 saturated carbocycles. The minimum atomic E-state index is -3.92. The predicted molar refractivity (Wildman–Crippen MR) is 90.8 cm³/mol. The molecule has 0 bridgehead atoms. The summed E-state index contributed by atoms with van der Waals surface area (Å²) in [6, 6.07) is 10.2. The van der Waals surface area contributed by atoms with Gasteiger partial charge in [-0.15, -0.1) is 0 Å². The van der Waals surface area contributed by atoms with Crippen LogP contribution in [0.4, 0.5) is 4.39 Å². The summed E-state index contributed by atoms with van der Waals surface area (Å²) in [5.41, 5.74) is 0.714. The first-order valence-electron chi connectivity index (χ1n) is 7.33. The fourth-order valence-corrected chi connectivity index (χ4v) is 3.95. The maximum atomic E-state index is 13.4. The van der Waals surface area contributed by atoms with Gasteiger partial charge in [-0.25, -0.2) is 12.8 Å². The zero-order valence-electron chi connectivity index (χ0n) is 13.0. The fourth-order valence-electron chi connectivity index (χ4n) is 2.28. The molecule has 0 atom stereocenters. The third-order valence-corrected chi connectivity index (χ3v) is 5.60. The second-order valence-electron chi connectivity index (χ2n) is 5.29. The Kier molecular flexibility index (Phi) is 5.17. The van der Waals surface area contributed by atoms with E-state index in [1.165, 1.54) is 16.6 Å². The molecule has 2 heterocycles. The van der Waals surface area contributed by atoms with Gasteiger partial charge in [0.15, 0.2) is 0 Å². The van der Waals surface area contributed by atoms with E-state index in [0.29, 0.717) is 11.3 Å². The predicted octanol–water partition coefficient (Wildman–Crippen LogP) is 3.86. The second-order valence-corrected chi connectivity index (χ2v) is 7.63. The highest BCUT2D eigenvalue weighted by atomic mass is 35.5. The Morgan fingerprint density at radius 1 is 1.16 bits per heavy atom. The number of aromatic nitrogens is 1. The third kappa shape index (κ3) is 4.07. The van der Waals surface area contributed by atoms with Crippen molar-refractivity contribution in [3.63, 3.8) is 0 Å². The molecule has 3 aromatic rings. The summed E-state index contributed by atoms with van der Waals surface area (Å²) in [6.45, 7) is 0.116. The van der Waals surface area contributed by atoms with Gasteiger partial charge in [0.05, 0.1) is 22.7 Å². The molecule has 3 rings (SSSR count). The molecule has 130 valence electrons. The lowest BCUT2D eigenvalue weighted by Gasteiger charge is -2.21. The average molecular weight is 381 g/mol. The Morgan fingerprint density at radius 2 is 2.00 bits per heavy atom. The van der Waals surface area contributed by atoms with Crippen molar-refractivity contribution in [2.75, 3.05) is 0 Å². The average Bonchev–Trinajstić information content (AvgIpc) is 3.11. The number of rotatable bonds is 6. The highest BCUT2D eigenvalue weighted by Crippen LogP contribution is 2.25. The smallest absolute Gasteiger partial charge is 0.243 e. The molecule has 25 heavy (non-hydrogen) atoms. The van der Waals surface area contributed by atoms with Crippen LogP contribution in [0.2, 0.25) is 5.02 Å². The van der Waals surface area contributed by atoms with Crippen molar-refractivity contribution >= 4 is 21.6 Å². The summed E-state index contributed by atoms with van der Waals surface area (Å²) in [5.74, 6) is -0.189. The number of benzene rings is 1. The van der Waals surface area contributed by atoms with Crippen LogP contribution in [0.3, 0.4) is 0 Å². The Labute approximate surface area is 149 Å². The van der Waals surface area contributed by atoms with Gasteiger partial charge in [0.1, 0.15) is 11.6 Å². The number of sulfonamides is 1. The number of halogens is 2. The van der Waals surface area contributed by atoms with E-state index in [0.717, 1.165) is 12.1 Å². The molecule has 0 aliphatic rings. The van der Waals surface area contributed by atoms with Gasteiger partial charge in [-0.2, -0.15) is 4.31 Å². The summed E-state index contributed by atoms with van der Waals surface area (Å²) in [6.07, 6.45) is 4.66. The topological polar surface area (TPSA) is 63.4 Å². The van der Waals surface area contributed by atoms with Crippen LogP contribution in [0, 0.1) is 5.82 Å². The lowest BCUT2D eigenvalue weighted by Crippen LogP contribution is -2.30. The molecule has 8 heteroatoms. The first kappa shape index (κ1) is 17.6. The number of furan rings is 1. The summed E-state index contributed by atoms with van der Waals surface area (Å²) >= 11 is 5.74. The first-order valence-corrected chi connectivity index (χ1v) is 9.15. The van der Waals surface area contributed by atoms with Crippen LogP contribution < -0.4 is 0 Å². The van der Waals surface area contributed by atoms with Crippen LogP contribution in [0.15, 0.2) is 70.4 Å². The highest BCUT2D eigenvalue weighted by Gasteiger charge is 2.26. The Hall–Kier alpha value is -2.22. The molecule has 5 nitrogen and oxygen atoms in total. The van der Waals surface area contributed by atoms with E-state index in [1.807, 2.05) is 0 Å². The molecule has 0 N–H and O–H groups in total. The zero-order valence-corrected chi connectivity index (χ0v) is 14.5. The molecule has 2 aromatic heterocycles. The number of hydrogen-bond acceptors (Lipinski definition) is 4. The molecule has 0 saturated heterocycles. The monoisotopic (exact) mass is 380 g/mol. The van der Waals surface area contributed by atoms with Crippen LogP contribution >= 0.6 is 11.6 Å². The van der Waals surface area contributed by atoms with Gasteiger partial charge in [-0.05, 0) is 42.0 Å². The summed E-state index contributed by atoms with van der Waals surface area (Å²) in [5, 5.41) is -0.250. The lowest BCUT2D eigenvalue weighted by molar-refractivity contribution is 0.358. The molecule has 0 aliphatic carbocycles. The number of hydrogen-bond donors (Lipinski definition) is 0. The molecular formula is C17H14ClFN2O3S. The Bertz CT molecular complexity index is 947. The van der Waals surface area contributed by atoms with Crippen LogP contribution in [-0.4, -0.2) is 17.7 Å². The molecular weight excluding hydrogens is 367 g/mol. The number of nitrogens with zero attached hydrogens (tertiary/aromatic N) is 2. The minimum absolute atomic E-state index is 0.0270. The molecule has 0 radical (unpaired) electrons. The van der Waals surface area contributed by atoms with E-state index in [9.17, 15) is 12.8 Å². The normalized spacial score (nSPS) is 11.8. The first-order chi connectivity index (χ1) is 12.0. The Balaban J connectivity index is 1.97. The van der Waals surface area contributed by atoms with Crippen molar-refractivity contribution in [3.05, 3.63) is 83.3 Å². The minimum Gasteiger partial charge on any atom is -0.468 e. The van der Waals surface area contributed by atoms with E-state index < -0.39 is 15.8 Å². The quantitative estimate of drug-likeness (QED) is 0.651. The van der Waals surface area contributed by atoms with Crippen molar-refractivity contribution in [2.45, 2.75) is 18.0 Å². The summed E-state index contributed by atoms with van der Waals surface area (Å²) in [7, 11) is -3.92. The maximum absolute atomic E-state index is 13.4. The zero-order chi connectivity index (χ0) is 17.9.